The summed E-state index contributed by atoms with van der Waals surface area (Å²) >= 11 is 0. The fourth-order valence-electron chi connectivity index (χ4n) is 4.31. The molecule has 0 aliphatic carbocycles. The molecule has 0 radical (unpaired) electrons. The van der Waals surface area contributed by atoms with E-state index in [9.17, 15) is 0 Å². The van der Waals surface area contributed by atoms with Crippen molar-refractivity contribution in [3.05, 3.63) is 59.7 Å². The number of likely N-dealkylation sites (tertiary alicyclic amines) is 1. The van der Waals surface area contributed by atoms with E-state index < -0.39 is 0 Å². The van der Waals surface area contributed by atoms with Crippen molar-refractivity contribution in [2.24, 2.45) is 0 Å². The third kappa shape index (κ3) is 4.33. The van der Waals surface area contributed by atoms with Gasteiger partial charge in [-0.15, -0.1) is 12.4 Å². The number of fused-ring (bicyclic) bond motifs is 1. The maximum absolute atomic E-state index is 5.81. The standard InChI is InChI=1S/C22H28N2O.ClH/c23-20-7-5-17(6-8-20)18-9-13-24(14-10-18)15-11-19-12-16-25-22-4-2-1-3-21(19)22;/h1-8,18-19H,9-16,23H2;1H. The lowest BCUT2D eigenvalue weighted by Gasteiger charge is -2.34. The zero-order valence-electron chi connectivity index (χ0n) is 15.3. The Morgan fingerprint density at radius 3 is 2.46 bits per heavy atom. The predicted octanol–water partition coefficient (Wildman–Crippen LogP) is 4.83. The predicted molar refractivity (Wildman–Crippen MR) is 110 cm³/mol. The van der Waals surface area contributed by atoms with Crippen LogP contribution in [0.4, 0.5) is 5.69 Å². The fourth-order valence-corrected chi connectivity index (χ4v) is 4.31. The van der Waals surface area contributed by atoms with Crippen LogP contribution in [0.15, 0.2) is 48.5 Å². The molecule has 1 unspecified atom stereocenters. The van der Waals surface area contributed by atoms with Crippen molar-refractivity contribution < 1.29 is 4.74 Å². The molecule has 0 amide bonds. The molecule has 4 rings (SSSR count). The molecule has 1 fully saturated rings. The second-order valence-electron chi connectivity index (χ2n) is 7.44. The van der Waals surface area contributed by atoms with E-state index in [4.69, 9.17) is 10.5 Å². The molecule has 0 spiro atoms. The van der Waals surface area contributed by atoms with Crippen LogP contribution in [-0.2, 0) is 0 Å². The minimum atomic E-state index is 0. The lowest BCUT2D eigenvalue weighted by molar-refractivity contribution is 0.195. The summed E-state index contributed by atoms with van der Waals surface area (Å²) in [5.74, 6) is 2.45. The second kappa shape index (κ2) is 8.79. The van der Waals surface area contributed by atoms with Crippen molar-refractivity contribution in [1.29, 1.82) is 0 Å². The topological polar surface area (TPSA) is 38.5 Å². The van der Waals surface area contributed by atoms with E-state index in [1.807, 2.05) is 12.1 Å². The van der Waals surface area contributed by atoms with Crippen molar-refractivity contribution in [2.75, 3.05) is 32.0 Å². The number of nitrogen functional groups attached to an aromatic ring is 1. The van der Waals surface area contributed by atoms with Gasteiger partial charge >= 0.3 is 0 Å². The van der Waals surface area contributed by atoms with E-state index in [0.29, 0.717) is 11.8 Å². The number of ether oxygens (including phenoxy) is 1. The summed E-state index contributed by atoms with van der Waals surface area (Å²) in [7, 11) is 0. The minimum absolute atomic E-state index is 0. The molecule has 2 aliphatic heterocycles. The lowest BCUT2D eigenvalue weighted by atomic mass is 9.88. The van der Waals surface area contributed by atoms with Crippen LogP contribution in [0, 0.1) is 0 Å². The van der Waals surface area contributed by atoms with Crippen LogP contribution < -0.4 is 10.5 Å². The molecule has 0 bridgehead atoms. The van der Waals surface area contributed by atoms with Crippen LogP contribution in [0.1, 0.15) is 48.6 Å². The summed E-state index contributed by atoms with van der Waals surface area (Å²) in [6, 6.07) is 17.0. The number of piperidine rings is 1. The van der Waals surface area contributed by atoms with Gasteiger partial charge in [-0.05, 0) is 86.5 Å². The monoisotopic (exact) mass is 372 g/mol. The Labute approximate surface area is 162 Å². The number of para-hydroxylation sites is 1. The minimum Gasteiger partial charge on any atom is -0.493 e. The highest BCUT2D eigenvalue weighted by Gasteiger charge is 2.24. The van der Waals surface area contributed by atoms with E-state index in [-0.39, 0.29) is 12.4 Å². The van der Waals surface area contributed by atoms with Gasteiger partial charge in [0.05, 0.1) is 6.61 Å². The van der Waals surface area contributed by atoms with Crippen LogP contribution in [0.5, 0.6) is 5.75 Å². The largest absolute Gasteiger partial charge is 0.493 e. The highest BCUT2D eigenvalue weighted by Crippen LogP contribution is 2.36. The molecule has 2 aliphatic rings. The normalized spacial score (nSPS) is 20.7. The maximum Gasteiger partial charge on any atom is 0.122 e. The number of hydrogen-bond donors (Lipinski definition) is 1. The highest BCUT2D eigenvalue weighted by molar-refractivity contribution is 5.85. The number of nitrogens with zero attached hydrogens (tertiary/aromatic N) is 1. The van der Waals surface area contributed by atoms with Crippen LogP contribution in [0.2, 0.25) is 0 Å². The van der Waals surface area contributed by atoms with Crippen molar-refractivity contribution in [2.45, 2.75) is 37.5 Å². The van der Waals surface area contributed by atoms with Crippen LogP contribution in [0.3, 0.4) is 0 Å². The quantitative estimate of drug-likeness (QED) is 0.781. The molecular weight excluding hydrogens is 344 g/mol. The maximum atomic E-state index is 5.81. The van der Waals surface area contributed by atoms with Gasteiger partial charge in [-0.25, -0.2) is 0 Å². The molecule has 0 saturated carbocycles. The summed E-state index contributed by atoms with van der Waals surface area (Å²) in [5, 5.41) is 0. The van der Waals surface area contributed by atoms with E-state index in [1.54, 1.807) is 0 Å². The summed E-state index contributed by atoms with van der Waals surface area (Å²) in [4.78, 5) is 2.64. The summed E-state index contributed by atoms with van der Waals surface area (Å²) in [5.41, 5.74) is 9.52. The van der Waals surface area contributed by atoms with Gasteiger partial charge in [0.1, 0.15) is 5.75 Å². The molecule has 4 heteroatoms. The van der Waals surface area contributed by atoms with Crippen LogP contribution >= 0.6 is 12.4 Å². The van der Waals surface area contributed by atoms with Crippen molar-refractivity contribution in [1.82, 2.24) is 4.90 Å². The first kappa shape index (κ1) is 19.1. The fraction of sp³-hybridized carbons (Fsp3) is 0.455. The average Bonchev–Trinajstić information content (AvgIpc) is 2.67. The number of rotatable bonds is 4. The van der Waals surface area contributed by atoms with Gasteiger partial charge in [-0.2, -0.15) is 0 Å². The van der Waals surface area contributed by atoms with Gasteiger partial charge in [-0.3, -0.25) is 0 Å². The van der Waals surface area contributed by atoms with Gasteiger partial charge < -0.3 is 15.4 Å². The molecule has 26 heavy (non-hydrogen) atoms. The van der Waals surface area contributed by atoms with E-state index in [0.717, 1.165) is 24.5 Å². The van der Waals surface area contributed by atoms with Gasteiger partial charge in [0.2, 0.25) is 0 Å². The summed E-state index contributed by atoms with van der Waals surface area (Å²) in [6.45, 7) is 4.48. The molecule has 1 atom stereocenters. The first-order valence-electron chi connectivity index (χ1n) is 9.59. The van der Waals surface area contributed by atoms with Crippen molar-refractivity contribution in [3.8, 4) is 5.75 Å². The lowest BCUT2D eigenvalue weighted by Crippen LogP contribution is -2.34. The van der Waals surface area contributed by atoms with Gasteiger partial charge in [0, 0.05) is 5.69 Å². The SMILES string of the molecule is Cl.Nc1ccc(C2CCN(CCC3CCOc4ccccc43)CC2)cc1. The number of benzene rings is 2. The van der Waals surface area contributed by atoms with Crippen LogP contribution in [-0.4, -0.2) is 31.1 Å². The Bertz CT molecular complexity index is 696. The van der Waals surface area contributed by atoms with E-state index >= 15 is 0 Å². The zero-order valence-corrected chi connectivity index (χ0v) is 16.1. The third-order valence-electron chi connectivity index (χ3n) is 5.87. The third-order valence-corrected chi connectivity index (χ3v) is 5.87. The van der Waals surface area contributed by atoms with Gasteiger partial charge in [-0.1, -0.05) is 30.3 Å². The Balaban J connectivity index is 0.00000196. The van der Waals surface area contributed by atoms with Crippen molar-refractivity contribution >= 4 is 18.1 Å². The first-order chi connectivity index (χ1) is 12.3. The molecule has 2 aromatic rings. The van der Waals surface area contributed by atoms with E-state index in [1.165, 1.54) is 50.0 Å². The Morgan fingerprint density at radius 1 is 0.962 bits per heavy atom. The summed E-state index contributed by atoms with van der Waals surface area (Å²) in [6.07, 6.45) is 4.91. The molecule has 2 N–H and O–H groups in total. The molecular formula is C22H29ClN2O. The van der Waals surface area contributed by atoms with Gasteiger partial charge in [0.15, 0.2) is 0 Å². The average molecular weight is 373 g/mol. The molecule has 0 aromatic heterocycles. The Kier molecular flexibility index (Phi) is 6.44. The Morgan fingerprint density at radius 2 is 1.69 bits per heavy atom. The number of hydrogen-bond acceptors (Lipinski definition) is 3. The summed E-state index contributed by atoms with van der Waals surface area (Å²) < 4.78 is 5.79. The van der Waals surface area contributed by atoms with E-state index in [2.05, 4.69) is 41.3 Å². The molecule has 1 saturated heterocycles. The Hall–Kier alpha value is -1.71. The number of nitrogens with two attached hydrogens (primary N) is 1. The second-order valence-corrected chi connectivity index (χ2v) is 7.44. The number of halogens is 1. The molecule has 2 aromatic carbocycles. The van der Waals surface area contributed by atoms with Gasteiger partial charge in [0.25, 0.3) is 0 Å². The number of anilines is 1. The highest BCUT2D eigenvalue weighted by atomic mass is 35.5. The first-order valence-corrected chi connectivity index (χ1v) is 9.59. The van der Waals surface area contributed by atoms with Crippen molar-refractivity contribution in [3.63, 3.8) is 0 Å². The zero-order chi connectivity index (χ0) is 17.1. The molecule has 140 valence electrons. The smallest absolute Gasteiger partial charge is 0.122 e. The molecule has 2 heterocycles. The molecule has 3 nitrogen and oxygen atoms in total. The van der Waals surface area contributed by atoms with Crippen LogP contribution in [0.25, 0.3) is 0 Å².